The van der Waals surface area contributed by atoms with Gasteiger partial charge in [-0.1, -0.05) is 31.2 Å². The van der Waals surface area contributed by atoms with E-state index in [1.807, 2.05) is 0 Å². The van der Waals surface area contributed by atoms with Gasteiger partial charge in [-0.25, -0.2) is 0 Å². The molecule has 0 spiro atoms. The van der Waals surface area contributed by atoms with Crippen molar-refractivity contribution in [3.05, 3.63) is 35.4 Å². The maximum absolute atomic E-state index is 3.38. The Bertz CT molecular complexity index is 295. The van der Waals surface area contributed by atoms with Crippen molar-refractivity contribution < 1.29 is 0 Å². The summed E-state index contributed by atoms with van der Waals surface area (Å²) < 4.78 is 0. The first-order valence-corrected chi connectivity index (χ1v) is 5.89. The summed E-state index contributed by atoms with van der Waals surface area (Å²) >= 11 is 0. The first kappa shape index (κ1) is 16.7. The summed E-state index contributed by atoms with van der Waals surface area (Å²) in [6, 6.07) is 9.02. The van der Waals surface area contributed by atoms with Crippen LogP contribution in [0.3, 0.4) is 0 Å². The van der Waals surface area contributed by atoms with Gasteiger partial charge in [0.05, 0.1) is 0 Å². The third kappa shape index (κ3) is 5.26. The summed E-state index contributed by atoms with van der Waals surface area (Å²) in [6.45, 7) is 7.92. The van der Waals surface area contributed by atoms with E-state index in [-0.39, 0.29) is 24.8 Å². The van der Waals surface area contributed by atoms with E-state index in [0.717, 1.165) is 26.1 Å². The zero-order chi connectivity index (χ0) is 10.5. The van der Waals surface area contributed by atoms with Crippen molar-refractivity contribution in [3.8, 4) is 0 Å². The second-order valence-electron chi connectivity index (χ2n) is 4.20. The van der Waals surface area contributed by atoms with E-state index in [1.54, 1.807) is 0 Å². The number of benzene rings is 1. The Morgan fingerprint density at radius 2 is 1.53 bits per heavy atom. The van der Waals surface area contributed by atoms with Gasteiger partial charge in [0.25, 0.3) is 0 Å². The monoisotopic (exact) mass is 276 g/mol. The number of hydrogen-bond donors (Lipinski definition) is 1. The largest absolute Gasteiger partial charge is 0.314 e. The van der Waals surface area contributed by atoms with Crippen LogP contribution in [0, 0.1) is 0 Å². The van der Waals surface area contributed by atoms with Gasteiger partial charge in [0.2, 0.25) is 0 Å². The fourth-order valence-corrected chi connectivity index (χ4v) is 2.01. The van der Waals surface area contributed by atoms with E-state index in [4.69, 9.17) is 0 Å². The first-order valence-electron chi connectivity index (χ1n) is 5.89. The smallest absolute Gasteiger partial charge is 0.0234 e. The highest BCUT2D eigenvalue weighted by Crippen LogP contribution is 2.08. The third-order valence-electron chi connectivity index (χ3n) is 3.05. The van der Waals surface area contributed by atoms with Gasteiger partial charge in [-0.2, -0.15) is 0 Å². The molecule has 1 aromatic carbocycles. The number of rotatable bonds is 3. The van der Waals surface area contributed by atoms with Gasteiger partial charge in [0, 0.05) is 32.7 Å². The highest BCUT2D eigenvalue weighted by molar-refractivity contribution is 5.85. The molecule has 0 unspecified atom stereocenters. The van der Waals surface area contributed by atoms with Crippen LogP contribution in [0.4, 0.5) is 0 Å². The maximum atomic E-state index is 3.38. The number of piperazine rings is 1. The minimum Gasteiger partial charge on any atom is -0.314 e. The van der Waals surface area contributed by atoms with E-state index in [9.17, 15) is 0 Å². The molecule has 1 aromatic rings. The predicted octanol–water partition coefficient (Wildman–Crippen LogP) is 2.50. The molecule has 0 amide bonds. The van der Waals surface area contributed by atoms with Crippen LogP contribution in [0.5, 0.6) is 0 Å². The fourth-order valence-electron chi connectivity index (χ4n) is 2.01. The van der Waals surface area contributed by atoms with Crippen LogP contribution in [0.1, 0.15) is 18.1 Å². The second-order valence-corrected chi connectivity index (χ2v) is 4.20. The van der Waals surface area contributed by atoms with Gasteiger partial charge < -0.3 is 5.32 Å². The third-order valence-corrected chi connectivity index (χ3v) is 3.05. The normalized spacial score (nSPS) is 15.8. The van der Waals surface area contributed by atoms with Crippen LogP contribution in [-0.4, -0.2) is 31.1 Å². The van der Waals surface area contributed by atoms with E-state index in [1.165, 1.54) is 24.2 Å². The molecule has 2 rings (SSSR count). The minimum absolute atomic E-state index is 0. The molecular formula is C13H22Cl2N2. The lowest BCUT2D eigenvalue weighted by atomic mass is 10.1. The molecule has 0 aromatic heterocycles. The summed E-state index contributed by atoms with van der Waals surface area (Å²) in [6.07, 6.45) is 1.13. The van der Waals surface area contributed by atoms with Gasteiger partial charge in [-0.15, -0.1) is 24.8 Å². The lowest BCUT2D eigenvalue weighted by Crippen LogP contribution is -2.42. The molecule has 0 atom stereocenters. The van der Waals surface area contributed by atoms with Crippen molar-refractivity contribution in [2.24, 2.45) is 0 Å². The SMILES string of the molecule is CCc1ccc(CN2CCNCC2)cc1.Cl.Cl. The Hall–Kier alpha value is -0.280. The number of nitrogens with zero attached hydrogens (tertiary/aromatic N) is 1. The van der Waals surface area contributed by atoms with E-state index < -0.39 is 0 Å². The average molecular weight is 277 g/mol. The van der Waals surface area contributed by atoms with Crippen molar-refractivity contribution in [3.63, 3.8) is 0 Å². The lowest BCUT2D eigenvalue weighted by molar-refractivity contribution is 0.233. The van der Waals surface area contributed by atoms with Gasteiger partial charge in [-0.3, -0.25) is 4.90 Å². The average Bonchev–Trinajstić information content (AvgIpc) is 2.31. The fraction of sp³-hybridized carbons (Fsp3) is 0.538. The molecular weight excluding hydrogens is 255 g/mol. The molecule has 0 bridgehead atoms. The molecule has 0 saturated carbocycles. The Kier molecular flexibility index (Phi) is 8.61. The molecule has 2 nitrogen and oxygen atoms in total. The summed E-state index contributed by atoms with van der Waals surface area (Å²) in [5.41, 5.74) is 2.87. The maximum Gasteiger partial charge on any atom is 0.0234 e. The van der Waals surface area contributed by atoms with Gasteiger partial charge >= 0.3 is 0 Å². The molecule has 1 aliphatic heterocycles. The molecule has 1 fully saturated rings. The van der Waals surface area contributed by atoms with Crippen LogP contribution in [-0.2, 0) is 13.0 Å². The number of nitrogens with one attached hydrogen (secondary N) is 1. The molecule has 0 radical (unpaired) electrons. The molecule has 1 N–H and O–H groups in total. The van der Waals surface area contributed by atoms with Crippen LogP contribution in [0.15, 0.2) is 24.3 Å². The van der Waals surface area contributed by atoms with Gasteiger partial charge in [-0.05, 0) is 17.5 Å². The highest BCUT2D eigenvalue weighted by atomic mass is 35.5. The van der Waals surface area contributed by atoms with Crippen LogP contribution >= 0.6 is 24.8 Å². The summed E-state index contributed by atoms with van der Waals surface area (Å²) in [7, 11) is 0. The molecule has 1 heterocycles. The van der Waals surface area contributed by atoms with Crippen LogP contribution in [0.25, 0.3) is 0 Å². The van der Waals surface area contributed by atoms with Gasteiger partial charge in [0.15, 0.2) is 0 Å². The van der Waals surface area contributed by atoms with Crippen molar-refractivity contribution in [2.75, 3.05) is 26.2 Å². The molecule has 98 valence electrons. The summed E-state index contributed by atoms with van der Waals surface area (Å²) in [4.78, 5) is 2.51. The molecule has 0 aliphatic carbocycles. The topological polar surface area (TPSA) is 15.3 Å². The number of hydrogen-bond acceptors (Lipinski definition) is 2. The van der Waals surface area contributed by atoms with E-state index in [0.29, 0.717) is 0 Å². The van der Waals surface area contributed by atoms with Crippen molar-refractivity contribution >= 4 is 24.8 Å². The molecule has 17 heavy (non-hydrogen) atoms. The van der Waals surface area contributed by atoms with Crippen molar-refractivity contribution in [1.29, 1.82) is 0 Å². The standard InChI is InChI=1S/C13H20N2.2ClH/c1-2-12-3-5-13(6-4-12)11-15-9-7-14-8-10-15;;/h3-6,14H,2,7-11H2,1H3;2*1H. The van der Waals surface area contributed by atoms with Crippen LogP contribution < -0.4 is 5.32 Å². The van der Waals surface area contributed by atoms with Crippen LogP contribution in [0.2, 0.25) is 0 Å². The second kappa shape index (κ2) is 8.76. The Morgan fingerprint density at radius 1 is 1.00 bits per heavy atom. The molecule has 4 heteroatoms. The van der Waals surface area contributed by atoms with Crippen molar-refractivity contribution in [1.82, 2.24) is 10.2 Å². The summed E-state index contributed by atoms with van der Waals surface area (Å²) in [5.74, 6) is 0. The Balaban J connectivity index is 0.00000128. The first-order chi connectivity index (χ1) is 7.38. The lowest BCUT2D eigenvalue weighted by Gasteiger charge is -2.27. The predicted molar refractivity (Wildman–Crippen MR) is 78.5 cm³/mol. The highest BCUT2D eigenvalue weighted by Gasteiger charge is 2.09. The summed E-state index contributed by atoms with van der Waals surface area (Å²) in [5, 5.41) is 3.38. The quantitative estimate of drug-likeness (QED) is 0.913. The number of aryl methyl sites for hydroxylation is 1. The van der Waals surface area contributed by atoms with Crippen molar-refractivity contribution in [2.45, 2.75) is 19.9 Å². The van der Waals surface area contributed by atoms with E-state index in [2.05, 4.69) is 41.4 Å². The zero-order valence-corrected chi connectivity index (χ0v) is 11.9. The van der Waals surface area contributed by atoms with E-state index >= 15 is 0 Å². The zero-order valence-electron chi connectivity index (χ0n) is 10.3. The molecule has 1 saturated heterocycles. The molecule has 1 aliphatic rings. The van der Waals surface area contributed by atoms with Gasteiger partial charge in [0.1, 0.15) is 0 Å². The Labute approximate surface area is 117 Å². The minimum atomic E-state index is 0. The Morgan fingerprint density at radius 3 is 2.06 bits per heavy atom. The number of halogens is 2.